The molecule has 0 saturated carbocycles. The fourth-order valence-electron chi connectivity index (χ4n) is 3.47. The van der Waals surface area contributed by atoms with Crippen molar-refractivity contribution in [3.8, 4) is 17.2 Å². The second kappa shape index (κ2) is 7.91. The lowest BCUT2D eigenvalue weighted by Gasteiger charge is -2.11. The van der Waals surface area contributed by atoms with E-state index in [0.717, 1.165) is 39.3 Å². The number of carbonyl (C=O) groups is 3. The number of aryl methyl sites for hydroxylation is 1. The highest BCUT2D eigenvalue weighted by molar-refractivity contribution is 8.18. The van der Waals surface area contributed by atoms with Gasteiger partial charge in [0, 0.05) is 23.1 Å². The molecule has 2 amide bonds. The van der Waals surface area contributed by atoms with Crippen molar-refractivity contribution in [3.63, 3.8) is 0 Å². The quantitative estimate of drug-likeness (QED) is 0.533. The molecule has 0 radical (unpaired) electrons. The number of amides is 2. The van der Waals surface area contributed by atoms with E-state index < -0.39 is 17.1 Å². The van der Waals surface area contributed by atoms with Gasteiger partial charge in [0.05, 0.1) is 11.5 Å². The first-order chi connectivity index (χ1) is 14.4. The zero-order valence-electron chi connectivity index (χ0n) is 16.8. The molecule has 9 heteroatoms. The van der Waals surface area contributed by atoms with E-state index in [4.69, 9.17) is 14.2 Å². The third-order valence-electron chi connectivity index (χ3n) is 4.84. The summed E-state index contributed by atoms with van der Waals surface area (Å²) in [6.45, 7) is 5.58. The summed E-state index contributed by atoms with van der Waals surface area (Å²) in [5.41, 5.74) is 3.59. The molecule has 8 nitrogen and oxygen atoms in total. The van der Waals surface area contributed by atoms with Crippen molar-refractivity contribution in [1.29, 1.82) is 0 Å². The van der Waals surface area contributed by atoms with Gasteiger partial charge in [-0.05, 0) is 62.4 Å². The van der Waals surface area contributed by atoms with Crippen molar-refractivity contribution in [2.75, 3.05) is 19.9 Å². The summed E-state index contributed by atoms with van der Waals surface area (Å²) >= 11 is 0.818. The maximum atomic E-state index is 12.6. The van der Waals surface area contributed by atoms with E-state index >= 15 is 0 Å². The highest BCUT2D eigenvalue weighted by atomic mass is 32.2. The van der Waals surface area contributed by atoms with Crippen molar-refractivity contribution >= 4 is 35.0 Å². The summed E-state index contributed by atoms with van der Waals surface area (Å²) in [7, 11) is 0. The minimum absolute atomic E-state index is 0.191. The topological polar surface area (TPSA) is 87.1 Å². The van der Waals surface area contributed by atoms with Gasteiger partial charge in [-0.25, -0.2) is 0 Å². The number of ether oxygens (including phenoxy) is 3. The molecule has 2 aliphatic rings. The number of hydrogen-bond donors (Lipinski definition) is 0. The van der Waals surface area contributed by atoms with E-state index in [2.05, 4.69) is 0 Å². The van der Waals surface area contributed by atoms with Gasteiger partial charge >= 0.3 is 5.97 Å². The molecule has 1 aromatic heterocycles. The number of esters is 1. The molecule has 1 fully saturated rings. The first-order valence-corrected chi connectivity index (χ1v) is 10.2. The fraction of sp³-hybridized carbons (Fsp3) is 0.286. The SMILES string of the molecule is CCOC(=O)CN1C(=O)SC(=Cc2cc(C)n(-c3ccc4c(c3)OCO4)c2C)C1=O. The Morgan fingerprint density at radius 1 is 1.20 bits per heavy atom. The fourth-order valence-corrected chi connectivity index (χ4v) is 4.30. The van der Waals surface area contributed by atoms with Gasteiger partial charge in [0.15, 0.2) is 11.5 Å². The van der Waals surface area contributed by atoms with Crippen LogP contribution in [0.25, 0.3) is 11.8 Å². The number of hydrogen-bond acceptors (Lipinski definition) is 7. The van der Waals surface area contributed by atoms with Crippen molar-refractivity contribution in [2.24, 2.45) is 0 Å². The molecule has 156 valence electrons. The second-order valence-corrected chi connectivity index (χ2v) is 7.77. The smallest absolute Gasteiger partial charge is 0.326 e. The van der Waals surface area contributed by atoms with Crippen molar-refractivity contribution < 1.29 is 28.6 Å². The summed E-state index contributed by atoms with van der Waals surface area (Å²) in [5, 5.41) is -0.483. The van der Waals surface area contributed by atoms with E-state index in [1.165, 1.54) is 0 Å². The molecule has 4 rings (SSSR count). The van der Waals surface area contributed by atoms with E-state index in [-0.39, 0.29) is 24.8 Å². The van der Waals surface area contributed by atoms with Gasteiger partial charge < -0.3 is 18.8 Å². The molecular formula is C21H20N2O6S. The van der Waals surface area contributed by atoms with Gasteiger partial charge in [-0.15, -0.1) is 0 Å². The Balaban J connectivity index is 1.62. The van der Waals surface area contributed by atoms with Gasteiger partial charge in [0.1, 0.15) is 6.54 Å². The Morgan fingerprint density at radius 2 is 1.97 bits per heavy atom. The average Bonchev–Trinajstić information content (AvgIpc) is 3.35. The van der Waals surface area contributed by atoms with Gasteiger partial charge in [-0.2, -0.15) is 0 Å². The molecule has 2 aliphatic heterocycles. The van der Waals surface area contributed by atoms with Crippen LogP contribution in [0, 0.1) is 13.8 Å². The van der Waals surface area contributed by atoms with Crippen LogP contribution in [0.15, 0.2) is 29.2 Å². The third kappa shape index (κ3) is 3.56. The molecule has 0 spiro atoms. The predicted molar refractivity (Wildman–Crippen MR) is 111 cm³/mol. The number of benzene rings is 1. The van der Waals surface area contributed by atoms with Crippen LogP contribution >= 0.6 is 11.8 Å². The Labute approximate surface area is 177 Å². The van der Waals surface area contributed by atoms with Gasteiger partial charge in [-0.1, -0.05) is 0 Å². The summed E-state index contributed by atoms with van der Waals surface area (Å²) in [6.07, 6.45) is 1.68. The second-order valence-electron chi connectivity index (χ2n) is 6.77. The lowest BCUT2D eigenvalue weighted by Crippen LogP contribution is -2.34. The molecule has 30 heavy (non-hydrogen) atoms. The minimum atomic E-state index is -0.609. The molecule has 0 N–H and O–H groups in total. The van der Waals surface area contributed by atoms with E-state index in [0.29, 0.717) is 11.5 Å². The Bertz CT molecular complexity index is 1090. The molecule has 0 atom stereocenters. The van der Waals surface area contributed by atoms with E-state index in [9.17, 15) is 14.4 Å². The number of nitrogens with zero attached hydrogens (tertiary/aromatic N) is 2. The first kappa shape index (κ1) is 20.1. The molecular weight excluding hydrogens is 408 g/mol. The zero-order chi connectivity index (χ0) is 21.4. The summed E-state index contributed by atoms with van der Waals surface area (Å²) in [6, 6.07) is 7.64. The lowest BCUT2D eigenvalue weighted by atomic mass is 10.2. The van der Waals surface area contributed by atoms with Crippen LogP contribution in [-0.4, -0.2) is 46.5 Å². The van der Waals surface area contributed by atoms with Crippen molar-refractivity contribution in [2.45, 2.75) is 20.8 Å². The van der Waals surface area contributed by atoms with Crippen LogP contribution in [0.3, 0.4) is 0 Å². The van der Waals surface area contributed by atoms with Crippen LogP contribution in [0.1, 0.15) is 23.9 Å². The molecule has 0 bridgehead atoms. The molecule has 0 aliphatic carbocycles. The van der Waals surface area contributed by atoms with Crippen LogP contribution in [-0.2, 0) is 14.3 Å². The number of thioether (sulfide) groups is 1. The number of aromatic nitrogens is 1. The number of rotatable bonds is 5. The van der Waals surface area contributed by atoms with Crippen molar-refractivity contribution in [3.05, 3.63) is 46.1 Å². The minimum Gasteiger partial charge on any atom is -0.465 e. The molecule has 1 saturated heterocycles. The lowest BCUT2D eigenvalue weighted by molar-refractivity contribution is -0.145. The van der Waals surface area contributed by atoms with E-state index in [1.54, 1.807) is 13.0 Å². The molecule has 0 unspecified atom stereocenters. The van der Waals surface area contributed by atoms with Crippen LogP contribution in [0.4, 0.5) is 4.79 Å². The van der Waals surface area contributed by atoms with E-state index in [1.807, 2.05) is 42.7 Å². The number of fused-ring (bicyclic) bond motifs is 1. The van der Waals surface area contributed by atoms with Crippen LogP contribution in [0.2, 0.25) is 0 Å². The summed E-state index contributed by atoms with van der Waals surface area (Å²) < 4.78 is 17.7. The Hall–Kier alpha value is -3.20. The van der Waals surface area contributed by atoms with Gasteiger partial charge in [0.25, 0.3) is 11.1 Å². The standard InChI is InChI=1S/C21H20N2O6S/c1-4-27-19(24)10-22-20(25)18(30-21(22)26)8-14-7-12(2)23(13(14)3)15-5-6-16-17(9-15)29-11-28-16/h5-9H,4,10-11H2,1-3H3. The third-order valence-corrected chi connectivity index (χ3v) is 5.74. The largest absolute Gasteiger partial charge is 0.465 e. The molecule has 1 aromatic carbocycles. The zero-order valence-corrected chi connectivity index (χ0v) is 17.6. The Morgan fingerprint density at radius 3 is 2.73 bits per heavy atom. The van der Waals surface area contributed by atoms with Crippen molar-refractivity contribution in [1.82, 2.24) is 9.47 Å². The normalized spacial score (nSPS) is 16.6. The maximum absolute atomic E-state index is 12.6. The highest BCUT2D eigenvalue weighted by Gasteiger charge is 2.36. The van der Waals surface area contributed by atoms with Crippen LogP contribution in [0.5, 0.6) is 11.5 Å². The molecule has 2 aromatic rings. The maximum Gasteiger partial charge on any atom is 0.326 e. The van der Waals surface area contributed by atoms with Gasteiger partial charge in [0.2, 0.25) is 6.79 Å². The number of carbonyl (C=O) groups excluding carboxylic acids is 3. The first-order valence-electron chi connectivity index (χ1n) is 9.39. The van der Waals surface area contributed by atoms with Crippen LogP contribution < -0.4 is 9.47 Å². The highest BCUT2D eigenvalue weighted by Crippen LogP contribution is 2.36. The molecule has 3 heterocycles. The Kier molecular flexibility index (Phi) is 5.29. The average molecular weight is 428 g/mol. The number of imide groups is 1. The summed E-state index contributed by atoms with van der Waals surface area (Å²) in [4.78, 5) is 37.7. The predicted octanol–water partition coefficient (Wildman–Crippen LogP) is 3.42. The van der Waals surface area contributed by atoms with Gasteiger partial charge in [-0.3, -0.25) is 19.3 Å². The summed E-state index contributed by atoms with van der Waals surface area (Å²) in [5.74, 6) is 0.284. The monoisotopic (exact) mass is 428 g/mol.